The van der Waals surface area contributed by atoms with E-state index in [-0.39, 0.29) is 11.1 Å². The molecular weight excluding hydrogens is 248 g/mol. The fraction of sp³-hybridized carbons (Fsp3) is 0.812. The maximum atomic E-state index is 4.55. The fourth-order valence-electron chi connectivity index (χ4n) is 2.84. The molecule has 0 bridgehead atoms. The molecule has 1 aliphatic heterocycles. The summed E-state index contributed by atoms with van der Waals surface area (Å²) in [6, 6.07) is 0.545. The molecule has 2 rings (SSSR count). The standard InChI is InChI=1S/C16H30N4/c1-15(2,3)18-13-11-17-20(12-13)14-7-9-19(10-8-14)16(4,5)6/h11-12,14,18H,7-10H2,1-6H3. The second-order valence-corrected chi connectivity index (χ2v) is 7.97. The Hall–Kier alpha value is -1.03. The van der Waals surface area contributed by atoms with Crippen LogP contribution in [0.25, 0.3) is 0 Å². The van der Waals surface area contributed by atoms with Crippen LogP contribution in [0.15, 0.2) is 12.4 Å². The van der Waals surface area contributed by atoms with E-state index in [0.717, 1.165) is 18.8 Å². The molecule has 0 amide bonds. The summed E-state index contributed by atoms with van der Waals surface area (Å²) in [6.07, 6.45) is 6.48. The Morgan fingerprint density at radius 3 is 2.20 bits per heavy atom. The molecule has 2 heterocycles. The van der Waals surface area contributed by atoms with Gasteiger partial charge in [-0.15, -0.1) is 0 Å². The van der Waals surface area contributed by atoms with Crippen molar-refractivity contribution < 1.29 is 0 Å². The van der Waals surface area contributed by atoms with Crippen LogP contribution in [-0.4, -0.2) is 38.8 Å². The third-order valence-electron chi connectivity index (χ3n) is 3.91. The average Bonchev–Trinajstić information content (AvgIpc) is 2.74. The molecule has 1 fully saturated rings. The first-order valence-corrected chi connectivity index (χ1v) is 7.72. The van der Waals surface area contributed by atoms with Crippen LogP contribution in [0.2, 0.25) is 0 Å². The lowest BCUT2D eigenvalue weighted by atomic mass is 9.98. The number of hydrogen-bond acceptors (Lipinski definition) is 3. The van der Waals surface area contributed by atoms with Gasteiger partial charge in [-0.25, -0.2) is 0 Å². The number of aromatic nitrogens is 2. The molecule has 114 valence electrons. The van der Waals surface area contributed by atoms with E-state index in [1.807, 2.05) is 6.20 Å². The van der Waals surface area contributed by atoms with Gasteiger partial charge in [0.05, 0.1) is 17.9 Å². The van der Waals surface area contributed by atoms with Crippen molar-refractivity contribution in [2.75, 3.05) is 18.4 Å². The SMILES string of the molecule is CC(C)(C)Nc1cnn(C2CCN(C(C)(C)C)CC2)c1. The molecule has 1 aromatic heterocycles. The highest BCUT2D eigenvalue weighted by molar-refractivity contribution is 5.40. The number of likely N-dealkylation sites (tertiary alicyclic amines) is 1. The van der Waals surface area contributed by atoms with Gasteiger partial charge >= 0.3 is 0 Å². The Labute approximate surface area is 123 Å². The quantitative estimate of drug-likeness (QED) is 0.898. The first-order valence-electron chi connectivity index (χ1n) is 7.72. The summed E-state index contributed by atoms with van der Waals surface area (Å²) < 4.78 is 2.15. The predicted octanol–water partition coefficient (Wildman–Crippen LogP) is 3.53. The minimum Gasteiger partial charge on any atom is -0.378 e. The zero-order valence-electron chi connectivity index (χ0n) is 13.9. The number of anilines is 1. The molecular formula is C16H30N4. The fourth-order valence-corrected chi connectivity index (χ4v) is 2.84. The largest absolute Gasteiger partial charge is 0.378 e. The van der Waals surface area contributed by atoms with Crippen LogP contribution in [0, 0.1) is 0 Å². The first-order chi connectivity index (χ1) is 9.15. The Kier molecular flexibility index (Phi) is 4.14. The first kappa shape index (κ1) is 15.4. The molecule has 0 radical (unpaired) electrons. The zero-order chi connectivity index (χ0) is 15.0. The molecule has 0 spiro atoms. The zero-order valence-corrected chi connectivity index (χ0v) is 13.9. The van der Waals surface area contributed by atoms with Crippen molar-refractivity contribution in [3.8, 4) is 0 Å². The van der Waals surface area contributed by atoms with Crippen LogP contribution in [0.5, 0.6) is 0 Å². The van der Waals surface area contributed by atoms with Gasteiger partial charge in [0, 0.05) is 30.4 Å². The molecule has 0 aromatic carbocycles. The van der Waals surface area contributed by atoms with Crippen LogP contribution < -0.4 is 5.32 Å². The number of nitrogens with one attached hydrogen (secondary N) is 1. The number of hydrogen-bond donors (Lipinski definition) is 1. The molecule has 1 aliphatic rings. The summed E-state index contributed by atoms with van der Waals surface area (Å²) in [5.74, 6) is 0. The molecule has 0 unspecified atom stereocenters. The van der Waals surface area contributed by atoms with Gasteiger partial charge in [-0.1, -0.05) is 0 Å². The molecule has 20 heavy (non-hydrogen) atoms. The minimum atomic E-state index is 0.0868. The highest BCUT2D eigenvalue weighted by atomic mass is 15.3. The molecule has 0 aliphatic carbocycles. The second-order valence-electron chi connectivity index (χ2n) is 7.97. The van der Waals surface area contributed by atoms with Crippen LogP contribution >= 0.6 is 0 Å². The summed E-state index contributed by atoms with van der Waals surface area (Å²) in [4.78, 5) is 2.57. The number of nitrogens with zero attached hydrogens (tertiary/aromatic N) is 3. The van der Waals surface area contributed by atoms with Gasteiger partial charge in [-0.3, -0.25) is 9.58 Å². The Morgan fingerprint density at radius 2 is 1.70 bits per heavy atom. The third-order valence-corrected chi connectivity index (χ3v) is 3.91. The van der Waals surface area contributed by atoms with Gasteiger partial charge in [0.2, 0.25) is 0 Å². The summed E-state index contributed by atoms with van der Waals surface area (Å²) in [5.41, 5.74) is 1.49. The van der Waals surface area contributed by atoms with E-state index in [0.29, 0.717) is 6.04 Å². The molecule has 0 atom stereocenters. The third kappa shape index (κ3) is 3.98. The van der Waals surface area contributed by atoms with Gasteiger partial charge in [-0.2, -0.15) is 5.10 Å². The molecule has 4 heteroatoms. The van der Waals surface area contributed by atoms with Crippen molar-refractivity contribution in [2.45, 2.75) is 71.5 Å². The van der Waals surface area contributed by atoms with E-state index >= 15 is 0 Å². The van der Waals surface area contributed by atoms with Gasteiger partial charge in [0.25, 0.3) is 0 Å². The minimum absolute atomic E-state index is 0.0868. The lowest BCUT2D eigenvalue weighted by Crippen LogP contribution is -2.46. The van der Waals surface area contributed by atoms with Crippen LogP contribution in [-0.2, 0) is 0 Å². The van der Waals surface area contributed by atoms with Crippen molar-refractivity contribution in [3.63, 3.8) is 0 Å². The van der Waals surface area contributed by atoms with Gasteiger partial charge in [0.15, 0.2) is 0 Å². The van der Waals surface area contributed by atoms with Gasteiger partial charge in [-0.05, 0) is 54.4 Å². The predicted molar refractivity (Wildman–Crippen MR) is 85.2 cm³/mol. The van der Waals surface area contributed by atoms with Crippen molar-refractivity contribution in [1.82, 2.24) is 14.7 Å². The lowest BCUT2D eigenvalue weighted by Gasteiger charge is -2.40. The number of piperidine rings is 1. The lowest BCUT2D eigenvalue weighted by molar-refractivity contribution is 0.0870. The number of rotatable bonds is 2. The van der Waals surface area contributed by atoms with Gasteiger partial charge < -0.3 is 5.32 Å². The van der Waals surface area contributed by atoms with Crippen LogP contribution in [0.1, 0.15) is 60.4 Å². The van der Waals surface area contributed by atoms with Crippen molar-refractivity contribution in [3.05, 3.63) is 12.4 Å². The Balaban J connectivity index is 1.94. The summed E-state index contributed by atoms with van der Waals surface area (Å²) in [5, 5.41) is 8.03. The van der Waals surface area contributed by atoms with E-state index < -0.39 is 0 Å². The summed E-state index contributed by atoms with van der Waals surface area (Å²) in [7, 11) is 0. The van der Waals surface area contributed by atoms with E-state index in [4.69, 9.17) is 0 Å². The van der Waals surface area contributed by atoms with E-state index in [1.54, 1.807) is 0 Å². The van der Waals surface area contributed by atoms with Crippen LogP contribution in [0.4, 0.5) is 5.69 Å². The maximum absolute atomic E-state index is 4.55. The van der Waals surface area contributed by atoms with E-state index in [1.165, 1.54) is 12.8 Å². The normalized spacial score (nSPS) is 19.3. The summed E-state index contributed by atoms with van der Waals surface area (Å²) in [6.45, 7) is 15.7. The molecule has 1 aromatic rings. The maximum Gasteiger partial charge on any atom is 0.0730 e. The smallest absolute Gasteiger partial charge is 0.0730 e. The molecule has 1 N–H and O–H groups in total. The average molecular weight is 278 g/mol. The van der Waals surface area contributed by atoms with E-state index in [9.17, 15) is 0 Å². The second kappa shape index (κ2) is 5.40. The van der Waals surface area contributed by atoms with Crippen molar-refractivity contribution in [2.24, 2.45) is 0 Å². The molecule has 4 nitrogen and oxygen atoms in total. The van der Waals surface area contributed by atoms with Crippen molar-refractivity contribution in [1.29, 1.82) is 0 Å². The molecule has 0 saturated carbocycles. The Bertz CT molecular complexity index is 428. The highest BCUT2D eigenvalue weighted by Crippen LogP contribution is 2.27. The molecule has 1 saturated heterocycles. The highest BCUT2D eigenvalue weighted by Gasteiger charge is 2.28. The van der Waals surface area contributed by atoms with Crippen molar-refractivity contribution >= 4 is 5.69 Å². The Morgan fingerprint density at radius 1 is 1.10 bits per heavy atom. The monoisotopic (exact) mass is 278 g/mol. The van der Waals surface area contributed by atoms with Gasteiger partial charge in [0.1, 0.15) is 0 Å². The summed E-state index contributed by atoms with van der Waals surface area (Å²) >= 11 is 0. The topological polar surface area (TPSA) is 33.1 Å². The van der Waals surface area contributed by atoms with Crippen LogP contribution in [0.3, 0.4) is 0 Å². The van der Waals surface area contributed by atoms with E-state index in [2.05, 4.69) is 67.7 Å².